The minimum Gasteiger partial charge on any atom is -0.379 e. The van der Waals surface area contributed by atoms with Gasteiger partial charge >= 0.3 is 0 Å². The van der Waals surface area contributed by atoms with Gasteiger partial charge in [0, 0.05) is 13.1 Å². The lowest BCUT2D eigenvalue weighted by molar-refractivity contribution is 0.109. The van der Waals surface area contributed by atoms with E-state index in [4.69, 9.17) is 4.74 Å². The van der Waals surface area contributed by atoms with Gasteiger partial charge in [0.05, 0.1) is 13.2 Å². The first-order chi connectivity index (χ1) is 9.95. The Bertz CT molecular complexity index is 623. The van der Waals surface area contributed by atoms with E-state index in [-0.39, 0.29) is 0 Å². The van der Waals surface area contributed by atoms with Gasteiger partial charge in [-0.15, -0.1) is 0 Å². The second-order valence-corrected chi connectivity index (χ2v) is 4.87. The second-order valence-electron chi connectivity index (χ2n) is 4.87. The van der Waals surface area contributed by atoms with Crippen LogP contribution in [0, 0.1) is 0 Å². The number of benzene rings is 3. The van der Waals surface area contributed by atoms with Crippen LogP contribution >= 0.6 is 0 Å². The number of hydrogen-bond donors (Lipinski definition) is 1. The molecule has 2 heteroatoms. The van der Waals surface area contributed by atoms with Crippen molar-refractivity contribution in [3.05, 3.63) is 60.7 Å². The molecule has 1 heterocycles. The van der Waals surface area contributed by atoms with Gasteiger partial charge in [0.15, 0.2) is 0 Å². The summed E-state index contributed by atoms with van der Waals surface area (Å²) in [5.41, 5.74) is 0. The average Bonchev–Trinajstić information content (AvgIpc) is 2.57. The summed E-state index contributed by atoms with van der Waals surface area (Å²) in [5, 5.41) is 8.46. The Balaban J connectivity index is 0.000000170. The Morgan fingerprint density at radius 1 is 0.650 bits per heavy atom. The molecule has 0 aliphatic carbocycles. The van der Waals surface area contributed by atoms with Crippen molar-refractivity contribution in [2.24, 2.45) is 0 Å². The zero-order valence-electron chi connectivity index (χ0n) is 11.5. The molecule has 0 aromatic heterocycles. The molecule has 4 rings (SSSR count). The fraction of sp³-hybridized carbons (Fsp3) is 0.222. The molecule has 0 spiro atoms. The Kier molecular flexibility index (Phi) is 4.26. The zero-order chi connectivity index (χ0) is 13.6. The van der Waals surface area contributed by atoms with Gasteiger partial charge in [0.1, 0.15) is 0 Å². The highest BCUT2D eigenvalue weighted by molar-refractivity contribution is 6.07. The summed E-state index contributed by atoms with van der Waals surface area (Å²) in [6.07, 6.45) is 0. The highest BCUT2D eigenvalue weighted by Gasteiger charge is 1.97. The molecule has 1 aliphatic rings. The molecule has 0 saturated carbocycles. The lowest BCUT2D eigenvalue weighted by Gasteiger charge is -2.10. The molecule has 0 bridgehead atoms. The van der Waals surface area contributed by atoms with Gasteiger partial charge in [-0.05, 0) is 21.5 Å². The maximum absolute atomic E-state index is 5.01. The fourth-order valence-electron chi connectivity index (χ4n) is 2.47. The molecule has 0 radical (unpaired) electrons. The van der Waals surface area contributed by atoms with Crippen molar-refractivity contribution in [1.82, 2.24) is 5.32 Å². The van der Waals surface area contributed by atoms with Crippen LogP contribution in [0.1, 0.15) is 0 Å². The van der Waals surface area contributed by atoms with Crippen LogP contribution in [-0.4, -0.2) is 26.3 Å². The molecular weight excluding hydrogens is 246 g/mol. The van der Waals surface area contributed by atoms with Crippen LogP contribution in [-0.2, 0) is 4.74 Å². The summed E-state index contributed by atoms with van der Waals surface area (Å²) in [4.78, 5) is 0. The Morgan fingerprint density at radius 2 is 1.15 bits per heavy atom. The van der Waals surface area contributed by atoms with E-state index in [0.717, 1.165) is 26.3 Å². The van der Waals surface area contributed by atoms with Gasteiger partial charge < -0.3 is 10.1 Å². The monoisotopic (exact) mass is 265 g/mol. The van der Waals surface area contributed by atoms with Crippen LogP contribution in [0.2, 0.25) is 0 Å². The fourth-order valence-corrected chi connectivity index (χ4v) is 2.47. The first-order valence-corrected chi connectivity index (χ1v) is 7.10. The lowest BCUT2D eigenvalue weighted by Crippen LogP contribution is -2.30. The Labute approximate surface area is 119 Å². The predicted octanol–water partition coefficient (Wildman–Crippen LogP) is 3.60. The van der Waals surface area contributed by atoms with Crippen molar-refractivity contribution in [3.8, 4) is 0 Å². The van der Waals surface area contributed by atoms with Gasteiger partial charge in [0.25, 0.3) is 0 Å². The van der Waals surface area contributed by atoms with Gasteiger partial charge in [-0.25, -0.2) is 0 Å². The summed E-state index contributed by atoms with van der Waals surface area (Å²) in [7, 11) is 0. The smallest absolute Gasteiger partial charge is 0.0591 e. The van der Waals surface area contributed by atoms with E-state index in [1.54, 1.807) is 0 Å². The molecule has 0 unspecified atom stereocenters. The summed E-state index contributed by atoms with van der Waals surface area (Å²) in [6.45, 7) is 3.83. The maximum atomic E-state index is 5.01. The molecule has 1 saturated heterocycles. The van der Waals surface area contributed by atoms with E-state index >= 15 is 0 Å². The van der Waals surface area contributed by atoms with Crippen LogP contribution in [0.5, 0.6) is 0 Å². The molecule has 0 atom stereocenters. The number of morpholine rings is 1. The molecule has 2 nitrogen and oxygen atoms in total. The van der Waals surface area contributed by atoms with Gasteiger partial charge in [-0.3, -0.25) is 0 Å². The van der Waals surface area contributed by atoms with Crippen molar-refractivity contribution >= 4 is 21.5 Å². The van der Waals surface area contributed by atoms with E-state index in [1.165, 1.54) is 21.5 Å². The first-order valence-electron chi connectivity index (χ1n) is 7.10. The van der Waals surface area contributed by atoms with Crippen molar-refractivity contribution < 1.29 is 4.74 Å². The van der Waals surface area contributed by atoms with Crippen molar-refractivity contribution in [1.29, 1.82) is 0 Å². The van der Waals surface area contributed by atoms with Gasteiger partial charge in [0.2, 0.25) is 0 Å². The van der Waals surface area contributed by atoms with Crippen LogP contribution < -0.4 is 5.32 Å². The number of nitrogens with one attached hydrogen (secondary N) is 1. The number of fused-ring (bicyclic) bond motifs is 3. The first kappa shape index (κ1) is 13.1. The minimum atomic E-state index is 0.889. The third kappa shape index (κ3) is 2.98. The summed E-state index contributed by atoms with van der Waals surface area (Å²) in [5.74, 6) is 0. The number of ether oxygens (including phenoxy) is 1. The Hall–Kier alpha value is -1.90. The quantitative estimate of drug-likeness (QED) is 0.627. The van der Waals surface area contributed by atoms with Crippen molar-refractivity contribution in [2.75, 3.05) is 26.3 Å². The maximum Gasteiger partial charge on any atom is 0.0591 e. The predicted molar refractivity (Wildman–Crippen MR) is 85.1 cm³/mol. The van der Waals surface area contributed by atoms with E-state index in [9.17, 15) is 0 Å². The minimum absolute atomic E-state index is 0.889. The standard InChI is InChI=1S/C14H10.C4H9NO/c1-3-7-13-11(5-1)9-10-12-6-2-4-8-14(12)13;1-3-6-4-2-5-1/h1-10H;5H,1-4H2. The number of hydrogen-bond acceptors (Lipinski definition) is 2. The SMILES string of the molecule is C1COCCN1.c1ccc2c(c1)ccc1ccccc12. The zero-order valence-corrected chi connectivity index (χ0v) is 11.5. The van der Waals surface area contributed by atoms with Gasteiger partial charge in [-0.1, -0.05) is 60.7 Å². The summed E-state index contributed by atoms with van der Waals surface area (Å²) in [6, 6.07) is 21.4. The van der Waals surface area contributed by atoms with Crippen LogP contribution in [0.4, 0.5) is 0 Å². The molecule has 20 heavy (non-hydrogen) atoms. The van der Waals surface area contributed by atoms with Gasteiger partial charge in [-0.2, -0.15) is 0 Å². The Morgan fingerprint density at radius 3 is 1.55 bits per heavy atom. The van der Waals surface area contributed by atoms with Crippen LogP contribution in [0.15, 0.2) is 60.7 Å². The third-order valence-corrected chi connectivity index (χ3v) is 3.50. The van der Waals surface area contributed by atoms with E-state index in [2.05, 4.69) is 66.0 Å². The average molecular weight is 265 g/mol. The normalized spacial score (nSPS) is 14.8. The van der Waals surface area contributed by atoms with Crippen molar-refractivity contribution in [2.45, 2.75) is 0 Å². The molecule has 1 fully saturated rings. The number of rotatable bonds is 0. The molecule has 102 valence electrons. The molecule has 3 aromatic carbocycles. The van der Waals surface area contributed by atoms with Crippen LogP contribution in [0.3, 0.4) is 0 Å². The summed E-state index contributed by atoms with van der Waals surface area (Å²) < 4.78 is 5.01. The molecule has 1 N–H and O–H groups in total. The molecule has 0 amide bonds. The second kappa shape index (κ2) is 6.51. The van der Waals surface area contributed by atoms with E-state index in [1.807, 2.05) is 0 Å². The van der Waals surface area contributed by atoms with E-state index < -0.39 is 0 Å². The summed E-state index contributed by atoms with van der Waals surface area (Å²) >= 11 is 0. The topological polar surface area (TPSA) is 21.3 Å². The molecular formula is C18H19NO. The molecule has 1 aliphatic heterocycles. The van der Waals surface area contributed by atoms with Crippen molar-refractivity contribution in [3.63, 3.8) is 0 Å². The largest absolute Gasteiger partial charge is 0.379 e. The highest BCUT2D eigenvalue weighted by Crippen LogP contribution is 2.24. The van der Waals surface area contributed by atoms with Crippen LogP contribution in [0.25, 0.3) is 21.5 Å². The van der Waals surface area contributed by atoms with E-state index in [0.29, 0.717) is 0 Å². The third-order valence-electron chi connectivity index (χ3n) is 3.50. The molecule has 3 aromatic rings. The highest BCUT2D eigenvalue weighted by atomic mass is 16.5. The lowest BCUT2D eigenvalue weighted by atomic mass is 10.0.